The third kappa shape index (κ3) is 2.74. The largest absolute Gasteiger partial charge is 0.327 e. The summed E-state index contributed by atoms with van der Waals surface area (Å²) in [5, 5.41) is 0. The lowest BCUT2D eigenvalue weighted by Crippen LogP contribution is -2.26. The van der Waals surface area contributed by atoms with Gasteiger partial charge in [0.2, 0.25) is 0 Å². The summed E-state index contributed by atoms with van der Waals surface area (Å²) in [6, 6.07) is 0.140. The van der Waals surface area contributed by atoms with Gasteiger partial charge in [0.1, 0.15) is 5.82 Å². The summed E-state index contributed by atoms with van der Waals surface area (Å²) in [6.07, 6.45) is 4.45. The van der Waals surface area contributed by atoms with Gasteiger partial charge < -0.3 is 5.73 Å². The second-order valence-electron chi connectivity index (χ2n) is 3.12. The predicted molar refractivity (Wildman–Crippen MR) is 56.4 cm³/mol. The van der Waals surface area contributed by atoms with Gasteiger partial charge in [-0.05, 0) is 22.4 Å². The Morgan fingerprint density at radius 2 is 2.00 bits per heavy atom. The van der Waals surface area contributed by atoms with Crippen LogP contribution in [0.15, 0.2) is 16.9 Å². The first-order chi connectivity index (χ1) is 6.15. The molecule has 0 aliphatic rings. The van der Waals surface area contributed by atoms with Crippen LogP contribution in [0, 0.1) is 0 Å². The lowest BCUT2D eigenvalue weighted by atomic mass is 10.00. The molecule has 3 nitrogen and oxygen atoms in total. The van der Waals surface area contributed by atoms with Crippen molar-refractivity contribution in [3.8, 4) is 0 Å². The fourth-order valence-corrected chi connectivity index (χ4v) is 1.31. The zero-order valence-corrected chi connectivity index (χ0v) is 9.45. The maximum Gasteiger partial charge on any atom is 0.132 e. The molecule has 1 aromatic heterocycles. The minimum Gasteiger partial charge on any atom is -0.327 e. The number of hydrogen-bond acceptors (Lipinski definition) is 3. The van der Waals surface area contributed by atoms with Gasteiger partial charge in [-0.1, -0.05) is 13.8 Å². The average Bonchev–Trinajstić information content (AvgIpc) is 2.17. The molecular formula is C9H14BrN3. The highest BCUT2D eigenvalue weighted by Gasteiger charge is 2.15. The molecule has 0 aliphatic heterocycles. The minimum absolute atomic E-state index is 0.140. The van der Waals surface area contributed by atoms with Crippen LogP contribution in [0.4, 0.5) is 0 Å². The Kier molecular flexibility index (Phi) is 3.81. The van der Waals surface area contributed by atoms with Crippen LogP contribution in [0.3, 0.4) is 0 Å². The quantitative estimate of drug-likeness (QED) is 0.885. The van der Waals surface area contributed by atoms with Crippen molar-refractivity contribution in [2.24, 2.45) is 5.73 Å². The number of aromatic nitrogens is 2. The third-order valence-electron chi connectivity index (χ3n) is 2.16. The van der Waals surface area contributed by atoms with Crippen molar-refractivity contribution in [3.05, 3.63) is 22.7 Å². The Hall–Kier alpha value is -0.480. The van der Waals surface area contributed by atoms with E-state index in [0.29, 0.717) is 0 Å². The summed E-state index contributed by atoms with van der Waals surface area (Å²) in [5.74, 6) is 1.04. The second kappa shape index (κ2) is 4.67. The number of rotatable bonds is 3. The highest BCUT2D eigenvalue weighted by atomic mass is 79.9. The Labute approximate surface area is 86.9 Å². The second-order valence-corrected chi connectivity index (χ2v) is 4.04. The van der Waals surface area contributed by atoms with Gasteiger partial charge in [0, 0.05) is 24.4 Å². The third-order valence-corrected chi connectivity index (χ3v) is 2.57. The lowest BCUT2D eigenvalue weighted by molar-refractivity contribution is 0.528. The molecule has 0 radical (unpaired) electrons. The van der Waals surface area contributed by atoms with E-state index in [1.165, 1.54) is 0 Å². The van der Waals surface area contributed by atoms with Crippen LogP contribution in [0.2, 0.25) is 0 Å². The standard InChI is InChI=1S/C9H14BrN3/c1-3-8(11)6(2)9-12-4-7(10)5-13-9/h4-6,8H,3,11H2,1-2H3. The molecule has 0 bridgehead atoms. The summed E-state index contributed by atoms with van der Waals surface area (Å²) in [7, 11) is 0. The van der Waals surface area contributed by atoms with Crippen LogP contribution in [-0.4, -0.2) is 16.0 Å². The van der Waals surface area contributed by atoms with Crippen LogP contribution in [-0.2, 0) is 0 Å². The fraction of sp³-hybridized carbons (Fsp3) is 0.556. The summed E-state index contributed by atoms with van der Waals surface area (Å²) in [6.45, 7) is 4.12. The van der Waals surface area contributed by atoms with Crippen LogP contribution in [0.5, 0.6) is 0 Å². The molecule has 1 aromatic rings. The van der Waals surface area contributed by atoms with E-state index >= 15 is 0 Å². The zero-order chi connectivity index (χ0) is 9.84. The Balaban J connectivity index is 2.77. The first-order valence-corrected chi connectivity index (χ1v) is 5.17. The smallest absolute Gasteiger partial charge is 0.132 e. The molecule has 0 aliphatic carbocycles. The van der Waals surface area contributed by atoms with Gasteiger partial charge in [0.25, 0.3) is 0 Å². The van der Waals surface area contributed by atoms with Gasteiger partial charge in [-0.25, -0.2) is 9.97 Å². The summed E-state index contributed by atoms with van der Waals surface area (Å²) < 4.78 is 0.897. The molecule has 13 heavy (non-hydrogen) atoms. The number of halogens is 1. The van der Waals surface area contributed by atoms with Crippen molar-refractivity contribution in [2.45, 2.75) is 32.2 Å². The molecule has 0 spiro atoms. The SMILES string of the molecule is CCC(N)C(C)c1ncc(Br)cn1. The molecule has 0 amide bonds. The first kappa shape index (κ1) is 10.6. The molecule has 1 heterocycles. The summed E-state index contributed by atoms with van der Waals surface area (Å²) in [4.78, 5) is 8.42. The highest BCUT2D eigenvalue weighted by Crippen LogP contribution is 2.16. The number of nitrogens with two attached hydrogens (primary N) is 1. The van der Waals surface area contributed by atoms with Crippen molar-refractivity contribution in [1.82, 2.24) is 9.97 Å². The maximum atomic E-state index is 5.89. The van der Waals surface area contributed by atoms with Crippen molar-refractivity contribution in [2.75, 3.05) is 0 Å². The van der Waals surface area contributed by atoms with Crippen molar-refractivity contribution in [3.63, 3.8) is 0 Å². The molecule has 2 N–H and O–H groups in total. The Morgan fingerprint density at radius 1 is 1.46 bits per heavy atom. The molecule has 0 fully saturated rings. The van der Waals surface area contributed by atoms with Gasteiger partial charge in [-0.3, -0.25) is 0 Å². The minimum atomic E-state index is 0.140. The molecular weight excluding hydrogens is 230 g/mol. The van der Waals surface area contributed by atoms with Crippen molar-refractivity contribution in [1.29, 1.82) is 0 Å². The molecule has 0 saturated carbocycles. The van der Waals surface area contributed by atoms with Gasteiger partial charge in [-0.2, -0.15) is 0 Å². The van der Waals surface area contributed by atoms with Crippen LogP contribution >= 0.6 is 15.9 Å². The van der Waals surface area contributed by atoms with Crippen LogP contribution in [0.1, 0.15) is 32.0 Å². The van der Waals surface area contributed by atoms with E-state index in [-0.39, 0.29) is 12.0 Å². The van der Waals surface area contributed by atoms with Gasteiger partial charge in [0.05, 0.1) is 4.47 Å². The van der Waals surface area contributed by atoms with E-state index < -0.39 is 0 Å². The Bertz CT molecular complexity index is 260. The zero-order valence-electron chi connectivity index (χ0n) is 7.87. The summed E-state index contributed by atoms with van der Waals surface area (Å²) in [5.41, 5.74) is 5.89. The maximum absolute atomic E-state index is 5.89. The molecule has 0 saturated heterocycles. The van der Waals surface area contributed by atoms with E-state index in [9.17, 15) is 0 Å². The number of nitrogens with zero attached hydrogens (tertiary/aromatic N) is 2. The summed E-state index contributed by atoms with van der Waals surface area (Å²) >= 11 is 3.29. The van der Waals surface area contributed by atoms with E-state index in [1.807, 2.05) is 0 Å². The first-order valence-electron chi connectivity index (χ1n) is 4.38. The van der Waals surface area contributed by atoms with Gasteiger partial charge in [0.15, 0.2) is 0 Å². The molecule has 0 aromatic carbocycles. The van der Waals surface area contributed by atoms with Crippen LogP contribution < -0.4 is 5.73 Å². The monoisotopic (exact) mass is 243 g/mol. The molecule has 4 heteroatoms. The molecule has 2 atom stereocenters. The Morgan fingerprint density at radius 3 is 2.46 bits per heavy atom. The predicted octanol–water partition coefficient (Wildman–Crippen LogP) is 2.08. The van der Waals surface area contributed by atoms with Gasteiger partial charge >= 0.3 is 0 Å². The van der Waals surface area contributed by atoms with Crippen molar-refractivity contribution < 1.29 is 0 Å². The molecule has 1 rings (SSSR count). The normalized spacial score (nSPS) is 15.4. The van der Waals surface area contributed by atoms with E-state index in [4.69, 9.17) is 5.73 Å². The van der Waals surface area contributed by atoms with Gasteiger partial charge in [-0.15, -0.1) is 0 Å². The lowest BCUT2D eigenvalue weighted by Gasteiger charge is -2.16. The van der Waals surface area contributed by atoms with E-state index in [2.05, 4.69) is 39.7 Å². The van der Waals surface area contributed by atoms with Crippen molar-refractivity contribution >= 4 is 15.9 Å². The molecule has 72 valence electrons. The highest BCUT2D eigenvalue weighted by molar-refractivity contribution is 9.10. The van der Waals surface area contributed by atoms with Crippen LogP contribution in [0.25, 0.3) is 0 Å². The number of hydrogen-bond donors (Lipinski definition) is 1. The molecule has 2 unspecified atom stereocenters. The van der Waals surface area contributed by atoms with E-state index in [1.54, 1.807) is 12.4 Å². The fourth-order valence-electron chi connectivity index (χ4n) is 1.10. The topological polar surface area (TPSA) is 51.8 Å². The van der Waals surface area contributed by atoms with E-state index in [0.717, 1.165) is 16.7 Å². The average molecular weight is 244 g/mol.